The summed E-state index contributed by atoms with van der Waals surface area (Å²) < 4.78 is 7.23. The third kappa shape index (κ3) is 4.70. The molecule has 0 radical (unpaired) electrons. The van der Waals surface area contributed by atoms with E-state index in [0.717, 1.165) is 61.5 Å². The number of carbonyl (C=O) groups is 1. The second kappa shape index (κ2) is 9.57. The van der Waals surface area contributed by atoms with Gasteiger partial charge < -0.3 is 9.64 Å². The molecule has 0 spiro atoms. The van der Waals surface area contributed by atoms with E-state index in [1.165, 1.54) is 0 Å². The van der Waals surface area contributed by atoms with E-state index >= 15 is 0 Å². The monoisotopic (exact) mass is 404 g/mol. The highest BCUT2D eigenvalue weighted by atomic mass is 16.5. The summed E-state index contributed by atoms with van der Waals surface area (Å²) in [7, 11) is 1.66. The van der Waals surface area contributed by atoms with Crippen LogP contribution in [0.15, 0.2) is 60.9 Å². The molecule has 0 N–H and O–H groups in total. The maximum atomic E-state index is 12.9. The van der Waals surface area contributed by atoms with Crippen molar-refractivity contribution in [2.24, 2.45) is 0 Å². The van der Waals surface area contributed by atoms with Gasteiger partial charge in [0.1, 0.15) is 17.9 Å². The van der Waals surface area contributed by atoms with Crippen molar-refractivity contribution in [2.75, 3.05) is 13.7 Å². The van der Waals surface area contributed by atoms with Crippen molar-refractivity contribution >= 4 is 5.91 Å². The van der Waals surface area contributed by atoms with Gasteiger partial charge in [-0.2, -0.15) is 0 Å². The van der Waals surface area contributed by atoms with Crippen LogP contribution in [-0.2, 0) is 17.6 Å². The number of rotatable bonds is 8. The van der Waals surface area contributed by atoms with Crippen molar-refractivity contribution in [1.29, 1.82) is 0 Å². The smallest absolute Gasteiger partial charge is 0.223 e. The first-order chi connectivity index (χ1) is 14.7. The minimum absolute atomic E-state index is 0.248. The largest absolute Gasteiger partial charge is 0.497 e. The molecule has 4 rings (SSSR count). The summed E-state index contributed by atoms with van der Waals surface area (Å²) in [5, 5.41) is 8.41. The highest BCUT2D eigenvalue weighted by Crippen LogP contribution is 2.24. The van der Waals surface area contributed by atoms with Gasteiger partial charge in [0, 0.05) is 31.1 Å². The number of likely N-dealkylation sites (tertiary alicyclic amines) is 1. The van der Waals surface area contributed by atoms with E-state index in [2.05, 4.69) is 27.2 Å². The van der Waals surface area contributed by atoms with Crippen molar-refractivity contribution in [3.05, 3.63) is 72.3 Å². The minimum atomic E-state index is 0.248. The third-order valence-electron chi connectivity index (χ3n) is 5.84. The number of carbonyl (C=O) groups excluding carboxylic acids is 1. The van der Waals surface area contributed by atoms with Gasteiger partial charge in [0.05, 0.1) is 7.11 Å². The van der Waals surface area contributed by atoms with Crippen LogP contribution in [0.2, 0.25) is 0 Å². The summed E-state index contributed by atoms with van der Waals surface area (Å²) in [4.78, 5) is 14.9. The van der Waals surface area contributed by atoms with Gasteiger partial charge in [0.2, 0.25) is 5.91 Å². The molecule has 3 aromatic rings. The molecule has 0 saturated carbocycles. The van der Waals surface area contributed by atoms with Gasteiger partial charge in [0.15, 0.2) is 0 Å². The summed E-state index contributed by atoms with van der Waals surface area (Å²) in [6.07, 6.45) is 6.92. The molecular formula is C24H28N4O2. The molecule has 1 aromatic heterocycles. The molecule has 1 atom stereocenters. The van der Waals surface area contributed by atoms with Crippen LogP contribution in [-0.4, -0.2) is 45.3 Å². The van der Waals surface area contributed by atoms with Crippen LogP contribution in [0.5, 0.6) is 5.75 Å². The maximum Gasteiger partial charge on any atom is 0.223 e. The van der Waals surface area contributed by atoms with E-state index in [9.17, 15) is 4.79 Å². The highest BCUT2D eigenvalue weighted by molar-refractivity contribution is 5.77. The predicted octanol–water partition coefficient (Wildman–Crippen LogP) is 3.83. The Morgan fingerprint density at radius 1 is 1.10 bits per heavy atom. The molecule has 0 aliphatic carbocycles. The highest BCUT2D eigenvalue weighted by Gasteiger charge is 2.28. The van der Waals surface area contributed by atoms with Crippen molar-refractivity contribution in [1.82, 2.24) is 19.7 Å². The Hall–Kier alpha value is -3.15. The van der Waals surface area contributed by atoms with Gasteiger partial charge >= 0.3 is 0 Å². The molecule has 6 heteroatoms. The van der Waals surface area contributed by atoms with Crippen molar-refractivity contribution in [3.8, 4) is 11.4 Å². The predicted molar refractivity (Wildman–Crippen MR) is 116 cm³/mol. The number of aryl methyl sites for hydroxylation is 2. The number of benzene rings is 2. The average molecular weight is 405 g/mol. The fourth-order valence-corrected chi connectivity index (χ4v) is 4.18. The van der Waals surface area contributed by atoms with E-state index in [1.54, 1.807) is 13.4 Å². The van der Waals surface area contributed by atoms with Crippen LogP contribution < -0.4 is 4.74 Å². The lowest BCUT2D eigenvalue weighted by atomic mass is 10.1. The number of hydrogen-bond acceptors (Lipinski definition) is 4. The standard InChI is InChI=1S/C24H28N4O2/c1-30-22-13-9-19(10-14-22)11-16-24(29)27-17-5-8-21(27)12-15-23-26-25-18-28(23)20-6-3-2-4-7-20/h2-4,6-7,9-10,13-14,18,21H,5,8,11-12,15-17H2,1H3. The lowest BCUT2D eigenvalue weighted by molar-refractivity contribution is -0.132. The SMILES string of the molecule is COc1ccc(CCC(=O)N2CCCC2CCc2nncn2-c2ccccc2)cc1. The average Bonchev–Trinajstić information content (AvgIpc) is 3.46. The fourth-order valence-electron chi connectivity index (χ4n) is 4.18. The van der Waals surface area contributed by atoms with Crippen LogP contribution in [0.25, 0.3) is 5.69 Å². The van der Waals surface area contributed by atoms with Gasteiger partial charge in [-0.3, -0.25) is 9.36 Å². The van der Waals surface area contributed by atoms with Crippen LogP contribution in [0.1, 0.15) is 37.1 Å². The van der Waals surface area contributed by atoms with Gasteiger partial charge in [-0.05, 0) is 55.5 Å². The van der Waals surface area contributed by atoms with Crippen LogP contribution >= 0.6 is 0 Å². The second-order valence-corrected chi connectivity index (χ2v) is 7.72. The first kappa shape index (κ1) is 20.1. The first-order valence-corrected chi connectivity index (χ1v) is 10.6. The topological polar surface area (TPSA) is 60.2 Å². The quantitative estimate of drug-likeness (QED) is 0.572. The van der Waals surface area contributed by atoms with E-state index in [0.29, 0.717) is 6.42 Å². The summed E-state index contributed by atoms with van der Waals surface area (Å²) in [5.41, 5.74) is 2.23. The molecule has 0 bridgehead atoms. The van der Waals surface area contributed by atoms with Crippen LogP contribution in [0.3, 0.4) is 0 Å². The molecule has 156 valence electrons. The normalized spacial score (nSPS) is 16.0. The number of ether oxygens (including phenoxy) is 1. The molecule has 2 aromatic carbocycles. The summed E-state index contributed by atoms with van der Waals surface area (Å²) in [6.45, 7) is 0.859. The Balaban J connectivity index is 1.33. The number of nitrogens with zero attached hydrogens (tertiary/aromatic N) is 4. The van der Waals surface area contributed by atoms with E-state index in [4.69, 9.17) is 4.74 Å². The Morgan fingerprint density at radius 3 is 2.67 bits per heavy atom. The van der Waals surface area contributed by atoms with E-state index < -0.39 is 0 Å². The van der Waals surface area contributed by atoms with Crippen LogP contribution in [0, 0.1) is 0 Å². The van der Waals surface area contributed by atoms with Gasteiger partial charge in [-0.15, -0.1) is 10.2 Å². The number of aromatic nitrogens is 3. The Morgan fingerprint density at radius 2 is 1.90 bits per heavy atom. The second-order valence-electron chi connectivity index (χ2n) is 7.72. The lowest BCUT2D eigenvalue weighted by Crippen LogP contribution is -2.36. The number of methoxy groups -OCH3 is 1. The van der Waals surface area contributed by atoms with E-state index in [-0.39, 0.29) is 11.9 Å². The van der Waals surface area contributed by atoms with Gasteiger partial charge in [0.25, 0.3) is 0 Å². The minimum Gasteiger partial charge on any atom is -0.497 e. The molecule has 1 amide bonds. The molecule has 6 nitrogen and oxygen atoms in total. The number of hydrogen-bond donors (Lipinski definition) is 0. The molecule has 30 heavy (non-hydrogen) atoms. The van der Waals surface area contributed by atoms with Crippen molar-refractivity contribution < 1.29 is 9.53 Å². The molecule has 1 saturated heterocycles. The van der Waals surface area contributed by atoms with Gasteiger partial charge in [-0.25, -0.2) is 0 Å². The number of amides is 1. The fraction of sp³-hybridized carbons (Fsp3) is 0.375. The Bertz CT molecular complexity index is 953. The molecule has 1 fully saturated rings. The zero-order valence-electron chi connectivity index (χ0n) is 17.4. The summed E-state index contributed by atoms with van der Waals surface area (Å²) in [5.74, 6) is 2.03. The molecule has 2 heterocycles. The zero-order chi connectivity index (χ0) is 20.8. The Labute approximate surface area is 177 Å². The Kier molecular flexibility index (Phi) is 6.42. The third-order valence-corrected chi connectivity index (χ3v) is 5.84. The lowest BCUT2D eigenvalue weighted by Gasteiger charge is -2.25. The van der Waals surface area contributed by atoms with Crippen molar-refractivity contribution in [2.45, 2.75) is 44.6 Å². The molecular weight excluding hydrogens is 376 g/mol. The first-order valence-electron chi connectivity index (χ1n) is 10.6. The molecule has 1 aliphatic heterocycles. The number of para-hydroxylation sites is 1. The summed E-state index contributed by atoms with van der Waals surface area (Å²) >= 11 is 0. The zero-order valence-corrected chi connectivity index (χ0v) is 17.4. The maximum absolute atomic E-state index is 12.9. The van der Waals surface area contributed by atoms with Crippen molar-refractivity contribution in [3.63, 3.8) is 0 Å². The van der Waals surface area contributed by atoms with Crippen LogP contribution in [0.4, 0.5) is 0 Å². The summed E-state index contributed by atoms with van der Waals surface area (Å²) in [6, 6.07) is 18.4. The molecule has 1 unspecified atom stereocenters. The van der Waals surface area contributed by atoms with E-state index in [1.807, 2.05) is 47.0 Å². The van der Waals surface area contributed by atoms with Gasteiger partial charge in [-0.1, -0.05) is 30.3 Å². The molecule has 1 aliphatic rings.